The minimum absolute atomic E-state index is 0.0455. The minimum Gasteiger partial charge on any atom is -0.322 e. The highest BCUT2D eigenvalue weighted by Gasteiger charge is 2.10. The first-order chi connectivity index (χ1) is 6.69. The maximum atomic E-state index is 11.4. The first-order valence-electron chi connectivity index (χ1n) is 4.45. The van der Waals surface area contributed by atoms with Gasteiger partial charge in [-0.15, -0.1) is 0 Å². The van der Waals surface area contributed by atoms with Crippen LogP contribution in [0.2, 0.25) is 0 Å². The van der Waals surface area contributed by atoms with E-state index in [0.717, 1.165) is 10.2 Å². The molecule has 0 bridgehead atoms. The van der Waals surface area contributed by atoms with Crippen LogP contribution in [0.15, 0.2) is 28.7 Å². The van der Waals surface area contributed by atoms with Gasteiger partial charge in [0.25, 0.3) is 0 Å². The summed E-state index contributed by atoms with van der Waals surface area (Å²) in [6, 6.07) is 7.59. The first kappa shape index (κ1) is 11.2. The SMILES string of the molecule is CCN(C(=O)CN)c1ccc(Br)cc1. The van der Waals surface area contributed by atoms with Crippen molar-refractivity contribution in [3.8, 4) is 0 Å². The van der Waals surface area contributed by atoms with Gasteiger partial charge < -0.3 is 10.6 Å². The van der Waals surface area contributed by atoms with Crippen LogP contribution in [0.5, 0.6) is 0 Å². The molecule has 0 heterocycles. The van der Waals surface area contributed by atoms with Gasteiger partial charge in [0.1, 0.15) is 0 Å². The molecule has 0 fully saturated rings. The molecule has 0 aliphatic heterocycles. The molecule has 1 aromatic rings. The normalized spacial score (nSPS) is 9.93. The largest absolute Gasteiger partial charge is 0.322 e. The smallest absolute Gasteiger partial charge is 0.240 e. The lowest BCUT2D eigenvalue weighted by Gasteiger charge is -2.20. The van der Waals surface area contributed by atoms with Crippen molar-refractivity contribution < 1.29 is 4.79 Å². The van der Waals surface area contributed by atoms with Crippen LogP contribution in [0.1, 0.15) is 6.92 Å². The van der Waals surface area contributed by atoms with Gasteiger partial charge in [-0.3, -0.25) is 4.79 Å². The molecule has 3 nitrogen and oxygen atoms in total. The number of likely N-dealkylation sites (N-methyl/N-ethyl adjacent to an activating group) is 1. The van der Waals surface area contributed by atoms with Gasteiger partial charge in [0.15, 0.2) is 0 Å². The van der Waals surface area contributed by atoms with E-state index in [2.05, 4.69) is 15.9 Å². The summed E-state index contributed by atoms with van der Waals surface area (Å²) in [5, 5.41) is 0. The van der Waals surface area contributed by atoms with Crippen molar-refractivity contribution in [3.05, 3.63) is 28.7 Å². The lowest BCUT2D eigenvalue weighted by molar-refractivity contribution is -0.117. The fourth-order valence-electron chi connectivity index (χ4n) is 1.23. The molecule has 76 valence electrons. The van der Waals surface area contributed by atoms with Gasteiger partial charge in [-0.25, -0.2) is 0 Å². The van der Waals surface area contributed by atoms with Crippen LogP contribution in [-0.2, 0) is 4.79 Å². The molecule has 0 spiro atoms. The molecular weight excluding hydrogens is 244 g/mol. The summed E-state index contributed by atoms with van der Waals surface area (Å²) in [5.41, 5.74) is 6.20. The Bertz CT molecular complexity index is 310. The van der Waals surface area contributed by atoms with Crippen LogP contribution in [0, 0.1) is 0 Å². The van der Waals surface area contributed by atoms with Crippen molar-refractivity contribution in [3.63, 3.8) is 0 Å². The molecular formula is C10H13BrN2O. The molecule has 0 saturated carbocycles. The summed E-state index contributed by atoms with van der Waals surface area (Å²) in [7, 11) is 0. The van der Waals surface area contributed by atoms with Crippen molar-refractivity contribution in [2.75, 3.05) is 18.0 Å². The van der Waals surface area contributed by atoms with Gasteiger partial charge in [-0.1, -0.05) is 15.9 Å². The van der Waals surface area contributed by atoms with Crippen LogP contribution in [-0.4, -0.2) is 19.0 Å². The van der Waals surface area contributed by atoms with E-state index in [1.807, 2.05) is 31.2 Å². The Morgan fingerprint density at radius 1 is 1.43 bits per heavy atom. The second kappa shape index (κ2) is 5.12. The summed E-state index contributed by atoms with van der Waals surface area (Å²) in [5.74, 6) is -0.0603. The number of hydrogen-bond acceptors (Lipinski definition) is 2. The number of carbonyl (C=O) groups excluding carboxylic acids is 1. The zero-order valence-electron chi connectivity index (χ0n) is 8.03. The predicted molar refractivity (Wildman–Crippen MR) is 61.2 cm³/mol. The second-order valence-electron chi connectivity index (χ2n) is 2.82. The molecule has 4 heteroatoms. The van der Waals surface area contributed by atoms with Gasteiger partial charge in [-0.05, 0) is 31.2 Å². The van der Waals surface area contributed by atoms with Crippen molar-refractivity contribution >= 4 is 27.5 Å². The third-order valence-electron chi connectivity index (χ3n) is 1.93. The molecule has 1 rings (SSSR count). The molecule has 2 N–H and O–H groups in total. The van der Waals surface area contributed by atoms with E-state index in [-0.39, 0.29) is 12.5 Å². The van der Waals surface area contributed by atoms with Crippen LogP contribution < -0.4 is 10.6 Å². The van der Waals surface area contributed by atoms with E-state index in [4.69, 9.17) is 5.73 Å². The zero-order chi connectivity index (χ0) is 10.6. The summed E-state index contributed by atoms with van der Waals surface area (Å²) < 4.78 is 0.998. The third kappa shape index (κ3) is 2.56. The Morgan fingerprint density at radius 3 is 2.43 bits per heavy atom. The lowest BCUT2D eigenvalue weighted by Crippen LogP contribution is -2.35. The van der Waals surface area contributed by atoms with Crippen LogP contribution in [0.25, 0.3) is 0 Å². The monoisotopic (exact) mass is 256 g/mol. The van der Waals surface area contributed by atoms with E-state index in [1.165, 1.54) is 0 Å². The fraction of sp³-hybridized carbons (Fsp3) is 0.300. The van der Waals surface area contributed by atoms with Gasteiger partial charge in [-0.2, -0.15) is 0 Å². The number of anilines is 1. The Kier molecular flexibility index (Phi) is 4.10. The highest BCUT2D eigenvalue weighted by Crippen LogP contribution is 2.18. The van der Waals surface area contributed by atoms with E-state index in [1.54, 1.807) is 4.90 Å². The van der Waals surface area contributed by atoms with Gasteiger partial charge in [0, 0.05) is 16.7 Å². The van der Waals surface area contributed by atoms with E-state index < -0.39 is 0 Å². The molecule has 0 atom stereocenters. The van der Waals surface area contributed by atoms with Gasteiger partial charge in [0.05, 0.1) is 6.54 Å². The topological polar surface area (TPSA) is 46.3 Å². The molecule has 0 aliphatic rings. The Hall–Kier alpha value is -0.870. The lowest BCUT2D eigenvalue weighted by atomic mass is 10.3. The first-order valence-corrected chi connectivity index (χ1v) is 5.24. The summed E-state index contributed by atoms with van der Waals surface area (Å²) in [6.45, 7) is 2.61. The summed E-state index contributed by atoms with van der Waals surface area (Å²) in [6.07, 6.45) is 0. The molecule has 14 heavy (non-hydrogen) atoms. The van der Waals surface area contributed by atoms with Gasteiger partial charge in [0.2, 0.25) is 5.91 Å². The van der Waals surface area contributed by atoms with Crippen molar-refractivity contribution in [1.29, 1.82) is 0 Å². The third-order valence-corrected chi connectivity index (χ3v) is 2.46. The maximum Gasteiger partial charge on any atom is 0.240 e. The summed E-state index contributed by atoms with van der Waals surface area (Å²) >= 11 is 3.34. The Balaban J connectivity index is 2.89. The number of halogens is 1. The number of rotatable bonds is 3. The standard InChI is InChI=1S/C10H13BrN2O/c1-2-13(10(14)7-12)9-5-3-8(11)4-6-9/h3-6H,2,7,12H2,1H3. The zero-order valence-corrected chi connectivity index (χ0v) is 9.62. The van der Waals surface area contributed by atoms with Crippen LogP contribution in [0.3, 0.4) is 0 Å². The number of nitrogens with two attached hydrogens (primary N) is 1. The summed E-state index contributed by atoms with van der Waals surface area (Å²) in [4.78, 5) is 13.1. The average molecular weight is 257 g/mol. The number of hydrogen-bond donors (Lipinski definition) is 1. The van der Waals surface area contributed by atoms with E-state index in [9.17, 15) is 4.79 Å². The molecule has 0 radical (unpaired) electrons. The number of nitrogens with zero attached hydrogens (tertiary/aromatic N) is 1. The molecule has 1 aromatic carbocycles. The quantitative estimate of drug-likeness (QED) is 0.896. The number of benzene rings is 1. The molecule has 0 aliphatic carbocycles. The van der Waals surface area contributed by atoms with Crippen LogP contribution in [0.4, 0.5) is 5.69 Å². The highest BCUT2D eigenvalue weighted by atomic mass is 79.9. The van der Waals surface area contributed by atoms with Gasteiger partial charge >= 0.3 is 0 Å². The number of amides is 1. The second-order valence-corrected chi connectivity index (χ2v) is 3.73. The molecule has 0 unspecified atom stereocenters. The predicted octanol–water partition coefficient (Wildman–Crippen LogP) is 1.76. The Labute approximate surface area is 92.0 Å². The number of carbonyl (C=O) groups is 1. The minimum atomic E-state index is -0.0603. The highest BCUT2D eigenvalue weighted by molar-refractivity contribution is 9.10. The van der Waals surface area contributed by atoms with Crippen molar-refractivity contribution in [2.45, 2.75) is 6.92 Å². The fourth-order valence-corrected chi connectivity index (χ4v) is 1.50. The Morgan fingerprint density at radius 2 is 2.00 bits per heavy atom. The van der Waals surface area contributed by atoms with E-state index in [0.29, 0.717) is 6.54 Å². The maximum absolute atomic E-state index is 11.4. The van der Waals surface area contributed by atoms with E-state index >= 15 is 0 Å². The molecule has 1 amide bonds. The average Bonchev–Trinajstić information content (AvgIpc) is 2.21. The van der Waals surface area contributed by atoms with Crippen LogP contribution >= 0.6 is 15.9 Å². The molecule has 0 aromatic heterocycles. The molecule has 0 saturated heterocycles. The van der Waals surface area contributed by atoms with Crippen molar-refractivity contribution in [1.82, 2.24) is 0 Å². The van der Waals surface area contributed by atoms with Crippen molar-refractivity contribution in [2.24, 2.45) is 5.73 Å².